The molecule has 0 radical (unpaired) electrons. The molecule has 1 atom stereocenters. The van der Waals surface area contributed by atoms with E-state index in [0.717, 1.165) is 28.9 Å². The molecule has 1 saturated heterocycles. The number of nitrogens with zero attached hydrogens (tertiary/aromatic N) is 1. The van der Waals surface area contributed by atoms with E-state index in [9.17, 15) is 4.79 Å². The summed E-state index contributed by atoms with van der Waals surface area (Å²) >= 11 is 3.40. The van der Waals surface area contributed by atoms with E-state index >= 15 is 0 Å². The predicted molar refractivity (Wildman–Crippen MR) is 93.1 cm³/mol. The van der Waals surface area contributed by atoms with Gasteiger partial charge in [0.2, 0.25) is 5.91 Å². The van der Waals surface area contributed by atoms with E-state index < -0.39 is 0 Å². The lowest BCUT2D eigenvalue weighted by molar-refractivity contribution is -0.120. The smallest absolute Gasteiger partial charge is 0.224 e. The van der Waals surface area contributed by atoms with Crippen molar-refractivity contribution in [2.75, 3.05) is 19.6 Å². The molecule has 1 aromatic heterocycles. The lowest BCUT2D eigenvalue weighted by atomic mass is 10.1. The lowest BCUT2D eigenvalue weighted by Gasteiger charge is -2.26. The molecule has 2 aromatic rings. The number of hydrogen-bond acceptors (Lipinski definition) is 3. The molecule has 4 nitrogen and oxygen atoms in total. The summed E-state index contributed by atoms with van der Waals surface area (Å²) in [6.07, 6.45) is 4.52. The summed E-state index contributed by atoms with van der Waals surface area (Å²) in [5.74, 6) is 0.971. The zero-order valence-electron chi connectivity index (χ0n) is 13.0. The van der Waals surface area contributed by atoms with Crippen LogP contribution in [0.2, 0.25) is 0 Å². The maximum Gasteiger partial charge on any atom is 0.224 e. The zero-order chi connectivity index (χ0) is 16.1. The van der Waals surface area contributed by atoms with Crippen molar-refractivity contribution < 1.29 is 9.21 Å². The average molecular weight is 377 g/mol. The van der Waals surface area contributed by atoms with Crippen LogP contribution in [0.15, 0.2) is 51.6 Å². The van der Waals surface area contributed by atoms with Crippen molar-refractivity contribution in [1.29, 1.82) is 0 Å². The van der Waals surface area contributed by atoms with E-state index in [4.69, 9.17) is 4.42 Å². The highest BCUT2D eigenvalue weighted by molar-refractivity contribution is 9.10. The van der Waals surface area contributed by atoms with Crippen LogP contribution in [0.5, 0.6) is 0 Å². The minimum atomic E-state index is 0.0445. The SMILES string of the molecule is O=C(Cc1ccc(Br)cc1)NC[C@@H](c1ccco1)N1CCCC1. The number of likely N-dealkylation sites (tertiary alicyclic amines) is 1. The molecular weight excluding hydrogens is 356 g/mol. The first kappa shape index (κ1) is 16.3. The fraction of sp³-hybridized carbons (Fsp3) is 0.389. The van der Waals surface area contributed by atoms with Gasteiger partial charge in [0.1, 0.15) is 5.76 Å². The van der Waals surface area contributed by atoms with Gasteiger partial charge < -0.3 is 9.73 Å². The summed E-state index contributed by atoms with van der Waals surface area (Å²) in [4.78, 5) is 14.6. The van der Waals surface area contributed by atoms with E-state index in [0.29, 0.717) is 13.0 Å². The van der Waals surface area contributed by atoms with Gasteiger partial charge in [-0.25, -0.2) is 0 Å². The highest BCUT2D eigenvalue weighted by atomic mass is 79.9. The molecule has 5 heteroatoms. The molecule has 1 fully saturated rings. The molecule has 122 valence electrons. The van der Waals surface area contributed by atoms with Crippen LogP contribution < -0.4 is 5.32 Å². The van der Waals surface area contributed by atoms with Gasteiger partial charge in [-0.15, -0.1) is 0 Å². The monoisotopic (exact) mass is 376 g/mol. The van der Waals surface area contributed by atoms with Crippen LogP contribution in [0.3, 0.4) is 0 Å². The second-order valence-electron chi connectivity index (χ2n) is 5.88. The van der Waals surface area contributed by atoms with Gasteiger partial charge >= 0.3 is 0 Å². The number of halogens is 1. The molecule has 1 aliphatic rings. The molecule has 1 aromatic carbocycles. The number of carbonyl (C=O) groups excluding carboxylic acids is 1. The zero-order valence-corrected chi connectivity index (χ0v) is 14.6. The summed E-state index contributed by atoms with van der Waals surface area (Å²) in [7, 11) is 0. The van der Waals surface area contributed by atoms with Crippen LogP contribution in [-0.4, -0.2) is 30.4 Å². The molecule has 1 amide bonds. The Labute approximate surface area is 145 Å². The first-order valence-corrected chi connectivity index (χ1v) is 8.80. The third kappa shape index (κ3) is 4.45. The fourth-order valence-corrected chi connectivity index (χ4v) is 3.27. The van der Waals surface area contributed by atoms with Crippen molar-refractivity contribution in [2.24, 2.45) is 0 Å². The van der Waals surface area contributed by atoms with Crippen LogP contribution in [-0.2, 0) is 11.2 Å². The van der Waals surface area contributed by atoms with E-state index in [1.807, 2.05) is 36.4 Å². The quantitative estimate of drug-likeness (QED) is 0.838. The van der Waals surface area contributed by atoms with Gasteiger partial charge in [0.25, 0.3) is 0 Å². The summed E-state index contributed by atoms with van der Waals surface area (Å²) in [6.45, 7) is 2.71. The number of nitrogens with one attached hydrogen (secondary N) is 1. The Morgan fingerprint density at radius 1 is 1.22 bits per heavy atom. The molecule has 3 rings (SSSR count). The third-order valence-electron chi connectivity index (χ3n) is 4.22. The second kappa shape index (κ2) is 7.79. The Bertz CT molecular complexity index is 619. The van der Waals surface area contributed by atoms with Gasteiger partial charge in [0.15, 0.2) is 0 Å². The number of amides is 1. The van der Waals surface area contributed by atoms with Gasteiger partial charge in [-0.3, -0.25) is 9.69 Å². The Morgan fingerprint density at radius 3 is 2.61 bits per heavy atom. The van der Waals surface area contributed by atoms with E-state index in [1.165, 1.54) is 12.8 Å². The van der Waals surface area contributed by atoms with Crippen LogP contribution in [0, 0.1) is 0 Å². The fourth-order valence-electron chi connectivity index (χ4n) is 3.00. The number of furan rings is 1. The molecule has 0 bridgehead atoms. The van der Waals surface area contributed by atoms with Crippen molar-refractivity contribution in [2.45, 2.75) is 25.3 Å². The van der Waals surface area contributed by atoms with E-state index in [-0.39, 0.29) is 11.9 Å². The summed E-state index contributed by atoms with van der Waals surface area (Å²) < 4.78 is 6.60. The Hall–Kier alpha value is -1.59. The predicted octanol–water partition coefficient (Wildman–Crippen LogP) is 3.54. The second-order valence-corrected chi connectivity index (χ2v) is 6.80. The van der Waals surface area contributed by atoms with Crippen LogP contribution in [0.4, 0.5) is 0 Å². The van der Waals surface area contributed by atoms with Gasteiger partial charge in [-0.2, -0.15) is 0 Å². The first-order chi connectivity index (χ1) is 11.2. The van der Waals surface area contributed by atoms with Crippen LogP contribution >= 0.6 is 15.9 Å². The summed E-state index contributed by atoms with van der Waals surface area (Å²) in [6, 6.07) is 11.9. The number of hydrogen-bond donors (Lipinski definition) is 1. The molecule has 0 unspecified atom stereocenters. The lowest BCUT2D eigenvalue weighted by Crippen LogP contribution is -2.37. The van der Waals surface area contributed by atoms with Crippen molar-refractivity contribution in [1.82, 2.24) is 10.2 Å². The average Bonchev–Trinajstić information content (AvgIpc) is 3.24. The third-order valence-corrected chi connectivity index (χ3v) is 4.75. The van der Waals surface area contributed by atoms with Gasteiger partial charge in [-0.1, -0.05) is 28.1 Å². The van der Waals surface area contributed by atoms with Crippen molar-refractivity contribution in [3.63, 3.8) is 0 Å². The summed E-state index contributed by atoms with van der Waals surface area (Å²) in [5, 5.41) is 3.06. The van der Waals surface area contributed by atoms with Gasteiger partial charge in [0.05, 0.1) is 18.7 Å². The van der Waals surface area contributed by atoms with Crippen molar-refractivity contribution in [3.05, 3.63) is 58.5 Å². The van der Waals surface area contributed by atoms with Gasteiger partial charge in [0, 0.05) is 11.0 Å². The molecular formula is C18H21BrN2O2. The normalized spacial score (nSPS) is 16.4. The maximum atomic E-state index is 12.2. The van der Waals surface area contributed by atoms with E-state index in [1.54, 1.807) is 6.26 Å². The molecule has 1 aliphatic heterocycles. The van der Waals surface area contributed by atoms with Crippen LogP contribution in [0.25, 0.3) is 0 Å². The number of carbonyl (C=O) groups is 1. The maximum absolute atomic E-state index is 12.2. The molecule has 0 spiro atoms. The minimum absolute atomic E-state index is 0.0445. The highest BCUT2D eigenvalue weighted by Gasteiger charge is 2.25. The van der Waals surface area contributed by atoms with Crippen molar-refractivity contribution >= 4 is 21.8 Å². The topological polar surface area (TPSA) is 45.5 Å². The standard InChI is InChI=1S/C18H21BrN2O2/c19-15-7-5-14(6-8-15)12-18(22)20-13-16(17-4-3-11-23-17)21-9-1-2-10-21/h3-8,11,16H,1-2,9-10,12-13H2,(H,20,22)/t16-/m0/s1. The van der Waals surface area contributed by atoms with Crippen LogP contribution in [0.1, 0.15) is 30.2 Å². The van der Waals surface area contributed by atoms with Crippen molar-refractivity contribution in [3.8, 4) is 0 Å². The Kier molecular flexibility index (Phi) is 5.51. The van der Waals surface area contributed by atoms with Gasteiger partial charge in [-0.05, 0) is 55.8 Å². The summed E-state index contributed by atoms with van der Waals surface area (Å²) in [5.41, 5.74) is 1.02. The largest absolute Gasteiger partial charge is 0.468 e. The molecule has 2 heterocycles. The number of rotatable bonds is 6. The highest BCUT2D eigenvalue weighted by Crippen LogP contribution is 2.24. The molecule has 0 saturated carbocycles. The molecule has 1 N–H and O–H groups in total. The Morgan fingerprint density at radius 2 is 1.96 bits per heavy atom. The molecule has 23 heavy (non-hydrogen) atoms. The first-order valence-electron chi connectivity index (χ1n) is 8.01. The Balaban J connectivity index is 1.57. The van der Waals surface area contributed by atoms with E-state index in [2.05, 4.69) is 26.1 Å². The number of benzene rings is 1. The minimum Gasteiger partial charge on any atom is -0.468 e. The molecule has 0 aliphatic carbocycles.